The van der Waals surface area contributed by atoms with Gasteiger partial charge in [0.1, 0.15) is 17.4 Å². The van der Waals surface area contributed by atoms with Crippen molar-refractivity contribution in [3.05, 3.63) is 41.2 Å². The highest BCUT2D eigenvalue weighted by atomic mass is 16.5. The summed E-state index contributed by atoms with van der Waals surface area (Å²) in [4.78, 5) is 8.48. The molecule has 0 aliphatic carbocycles. The molecule has 0 amide bonds. The predicted molar refractivity (Wildman–Crippen MR) is 72.3 cm³/mol. The van der Waals surface area contributed by atoms with Crippen LogP contribution in [0.3, 0.4) is 0 Å². The summed E-state index contributed by atoms with van der Waals surface area (Å²) in [7, 11) is 1.82. The average Bonchev–Trinajstić information content (AvgIpc) is 2.33. The fourth-order valence-corrected chi connectivity index (χ4v) is 1.62. The van der Waals surface area contributed by atoms with E-state index in [2.05, 4.69) is 29.1 Å². The lowest BCUT2D eigenvalue weighted by Gasteiger charge is -2.09. The third-order valence-electron chi connectivity index (χ3n) is 2.77. The van der Waals surface area contributed by atoms with Crippen molar-refractivity contribution in [1.29, 1.82) is 0 Å². The van der Waals surface area contributed by atoms with Crippen LogP contribution in [-0.4, -0.2) is 17.0 Å². The van der Waals surface area contributed by atoms with Gasteiger partial charge < -0.3 is 10.1 Å². The lowest BCUT2D eigenvalue weighted by atomic mass is 10.1. The number of nitrogens with one attached hydrogen (secondary N) is 1. The molecule has 0 bridgehead atoms. The monoisotopic (exact) mass is 243 g/mol. The number of rotatable bonds is 3. The van der Waals surface area contributed by atoms with Gasteiger partial charge in [0.2, 0.25) is 5.88 Å². The Morgan fingerprint density at radius 1 is 1.00 bits per heavy atom. The Bertz CT molecular complexity index is 567. The summed E-state index contributed by atoms with van der Waals surface area (Å²) in [5, 5.41) is 2.98. The van der Waals surface area contributed by atoms with Gasteiger partial charge in [0.15, 0.2) is 0 Å². The van der Waals surface area contributed by atoms with Gasteiger partial charge in [-0.05, 0) is 44.0 Å². The second-order valence-electron chi connectivity index (χ2n) is 4.24. The van der Waals surface area contributed by atoms with E-state index in [9.17, 15) is 0 Å². The first-order chi connectivity index (χ1) is 8.58. The normalized spacial score (nSPS) is 10.2. The third-order valence-corrected chi connectivity index (χ3v) is 2.77. The molecule has 94 valence electrons. The van der Waals surface area contributed by atoms with Crippen molar-refractivity contribution >= 4 is 5.82 Å². The van der Waals surface area contributed by atoms with Gasteiger partial charge in [-0.2, -0.15) is 4.98 Å². The first kappa shape index (κ1) is 12.4. The lowest BCUT2D eigenvalue weighted by molar-refractivity contribution is 0.459. The Labute approximate surface area is 107 Å². The summed E-state index contributed by atoms with van der Waals surface area (Å²) in [5.74, 6) is 2.77. The van der Waals surface area contributed by atoms with Crippen LogP contribution < -0.4 is 10.1 Å². The molecule has 0 aliphatic rings. The molecule has 0 spiro atoms. The molecule has 4 heteroatoms. The van der Waals surface area contributed by atoms with Crippen molar-refractivity contribution in [3.8, 4) is 11.6 Å². The minimum atomic E-state index is 0.551. The van der Waals surface area contributed by atoms with Gasteiger partial charge in [-0.15, -0.1) is 0 Å². The zero-order chi connectivity index (χ0) is 13.1. The van der Waals surface area contributed by atoms with Gasteiger partial charge in [0, 0.05) is 13.1 Å². The molecule has 4 nitrogen and oxygen atoms in total. The van der Waals surface area contributed by atoms with Crippen LogP contribution in [0, 0.1) is 20.8 Å². The number of hydrogen-bond donors (Lipinski definition) is 1. The van der Waals surface area contributed by atoms with Crippen LogP contribution in [0.25, 0.3) is 0 Å². The fraction of sp³-hybridized carbons (Fsp3) is 0.286. The highest BCUT2D eigenvalue weighted by molar-refractivity contribution is 5.40. The van der Waals surface area contributed by atoms with Crippen LogP contribution in [0.5, 0.6) is 11.6 Å². The Balaban J connectivity index is 2.27. The zero-order valence-corrected chi connectivity index (χ0v) is 11.1. The molecular formula is C14H17N3O. The molecule has 0 saturated heterocycles. The molecule has 1 N–H and O–H groups in total. The maximum absolute atomic E-state index is 5.75. The molecule has 2 rings (SSSR count). The fourth-order valence-electron chi connectivity index (χ4n) is 1.62. The predicted octanol–water partition coefficient (Wildman–Crippen LogP) is 3.24. The van der Waals surface area contributed by atoms with Gasteiger partial charge in [-0.25, -0.2) is 4.98 Å². The van der Waals surface area contributed by atoms with E-state index >= 15 is 0 Å². The Morgan fingerprint density at radius 2 is 1.78 bits per heavy atom. The molecule has 18 heavy (non-hydrogen) atoms. The Hall–Kier alpha value is -2.10. The van der Waals surface area contributed by atoms with Crippen molar-refractivity contribution < 1.29 is 4.74 Å². The maximum atomic E-state index is 5.75. The summed E-state index contributed by atoms with van der Waals surface area (Å²) in [6.07, 6.45) is 0. The van der Waals surface area contributed by atoms with E-state index in [1.807, 2.05) is 32.2 Å². The van der Waals surface area contributed by atoms with Crippen molar-refractivity contribution in [2.45, 2.75) is 20.8 Å². The second kappa shape index (κ2) is 5.04. The van der Waals surface area contributed by atoms with E-state index in [0.717, 1.165) is 11.6 Å². The Morgan fingerprint density at radius 3 is 2.44 bits per heavy atom. The van der Waals surface area contributed by atoms with Crippen LogP contribution >= 0.6 is 0 Å². The number of benzene rings is 1. The lowest BCUT2D eigenvalue weighted by Crippen LogP contribution is -1.98. The van der Waals surface area contributed by atoms with Gasteiger partial charge in [-0.3, -0.25) is 0 Å². The first-order valence-corrected chi connectivity index (χ1v) is 5.87. The van der Waals surface area contributed by atoms with E-state index < -0.39 is 0 Å². The number of anilines is 1. The SMILES string of the molecule is CNc1cc(Oc2ccc(C)c(C)c2)nc(C)n1. The first-order valence-electron chi connectivity index (χ1n) is 5.87. The third kappa shape index (κ3) is 2.77. The number of nitrogens with zero attached hydrogens (tertiary/aromatic N) is 2. The van der Waals surface area contributed by atoms with E-state index in [-0.39, 0.29) is 0 Å². The van der Waals surface area contributed by atoms with E-state index in [0.29, 0.717) is 11.7 Å². The number of hydrogen-bond acceptors (Lipinski definition) is 4. The van der Waals surface area contributed by atoms with Crippen LogP contribution in [0.4, 0.5) is 5.82 Å². The highest BCUT2D eigenvalue weighted by Gasteiger charge is 2.04. The summed E-state index contributed by atoms with van der Waals surface area (Å²) < 4.78 is 5.75. The summed E-state index contributed by atoms with van der Waals surface area (Å²) in [6, 6.07) is 7.77. The largest absolute Gasteiger partial charge is 0.439 e. The second-order valence-corrected chi connectivity index (χ2v) is 4.24. The van der Waals surface area contributed by atoms with Crippen molar-refractivity contribution in [1.82, 2.24) is 9.97 Å². The zero-order valence-electron chi connectivity index (χ0n) is 11.1. The number of aromatic nitrogens is 2. The van der Waals surface area contributed by atoms with Crippen LogP contribution in [-0.2, 0) is 0 Å². The smallest absolute Gasteiger partial charge is 0.224 e. The molecule has 0 saturated carbocycles. The van der Waals surface area contributed by atoms with Crippen molar-refractivity contribution in [3.63, 3.8) is 0 Å². The van der Waals surface area contributed by atoms with Gasteiger partial charge >= 0.3 is 0 Å². The van der Waals surface area contributed by atoms with Gasteiger partial charge in [0.25, 0.3) is 0 Å². The van der Waals surface area contributed by atoms with E-state index in [1.54, 1.807) is 6.07 Å². The number of ether oxygens (including phenoxy) is 1. The quantitative estimate of drug-likeness (QED) is 0.899. The standard InChI is InChI=1S/C14H17N3O/c1-9-5-6-12(7-10(9)2)18-14-8-13(15-4)16-11(3)17-14/h5-8H,1-4H3,(H,15,16,17). The molecule has 0 radical (unpaired) electrons. The molecule has 1 aromatic carbocycles. The Kier molecular flexibility index (Phi) is 3.46. The van der Waals surface area contributed by atoms with E-state index in [4.69, 9.17) is 4.74 Å². The van der Waals surface area contributed by atoms with Crippen LogP contribution in [0.15, 0.2) is 24.3 Å². The average molecular weight is 243 g/mol. The molecule has 0 fully saturated rings. The topological polar surface area (TPSA) is 47.0 Å². The molecular weight excluding hydrogens is 226 g/mol. The minimum Gasteiger partial charge on any atom is -0.439 e. The van der Waals surface area contributed by atoms with Crippen molar-refractivity contribution in [2.75, 3.05) is 12.4 Å². The highest BCUT2D eigenvalue weighted by Crippen LogP contribution is 2.23. The summed E-state index contributed by atoms with van der Waals surface area (Å²) in [5.41, 5.74) is 2.45. The molecule has 0 atom stereocenters. The molecule has 1 heterocycles. The molecule has 2 aromatic rings. The van der Waals surface area contributed by atoms with Crippen LogP contribution in [0.2, 0.25) is 0 Å². The molecule has 1 aromatic heterocycles. The summed E-state index contributed by atoms with van der Waals surface area (Å²) in [6.45, 7) is 5.98. The van der Waals surface area contributed by atoms with E-state index in [1.165, 1.54) is 11.1 Å². The molecule has 0 unspecified atom stereocenters. The summed E-state index contributed by atoms with van der Waals surface area (Å²) >= 11 is 0. The number of aryl methyl sites for hydroxylation is 3. The van der Waals surface area contributed by atoms with Crippen molar-refractivity contribution in [2.24, 2.45) is 0 Å². The van der Waals surface area contributed by atoms with Gasteiger partial charge in [0.05, 0.1) is 0 Å². The molecule has 0 aliphatic heterocycles. The van der Waals surface area contributed by atoms with Crippen LogP contribution in [0.1, 0.15) is 17.0 Å². The minimum absolute atomic E-state index is 0.551. The maximum Gasteiger partial charge on any atom is 0.224 e. The van der Waals surface area contributed by atoms with Gasteiger partial charge in [-0.1, -0.05) is 6.07 Å².